The number of ether oxygens (including phenoxy) is 1. The van der Waals surface area contributed by atoms with Crippen molar-refractivity contribution in [2.45, 2.75) is 12.8 Å². The van der Waals surface area contributed by atoms with E-state index in [4.69, 9.17) is 0 Å². The molecule has 1 unspecified atom stereocenters. The highest BCUT2D eigenvalue weighted by Gasteiger charge is 2.38. The molecule has 12 heteroatoms. The third-order valence-electron chi connectivity index (χ3n) is 2.67. The molecule has 0 aromatic heterocycles. The Morgan fingerprint density at radius 1 is 1.20 bits per heavy atom. The molecule has 1 aromatic carbocycles. The average molecular weight is 385 g/mol. The third kappa shape index (κ3) is 7.65. The van der Waals surface area contributed by atoms with Gasteiger partial charge in [0, 0.05) is 6.54 Å². The van der Waals surface area contributed by atoms with E-state index in [0.717, 1.165) is 0 Å². The van der Waals surface area contributed by atoms with Gasteiger partial charge in [-0.3, -0.25) is 13.8 Å². The Labute approximate surface area is 140 Å². The molecule has 2 N–H and O–H groups in total. The van der Waals surface area contributed by atoms with E-state index in [1.807, 2.05) is 0 Å². The molecule has 0 radical (unpaired) electrons. The first kappa shape index (κ1) is 21.1. The van der Waals surface area contributed by atoms with E-state index in [9.17, 15) is 32.2 Å². The van der Waals surface area contributed by atoms with Crippen LogP contribution in [-0.4, -0.2) is 43.2 Å². The standard InChI is InChI=1S/C13H15F3NO7P/c1-22-11(18)10-4-2-9(3-5-10)8-24-25(20,21)23-7-6-17-12(19)13(14,15)16/h2-5H,6-8H2,1H3,(H,17,19)(H,20,21). The van der Waals surface area contributed by atoms with Crippen LogP contribution in [0.3, 0.4) is 0 Å². The summed E-state index contributed by atoms with van der Waals surface area (Å²) < 4.78 is 60.9. The lowest BCUT2D eigenvalue weighted by atomic mass is 10.1. The van der Waals surface area contributed by atoms with E-state index in [1.54, 1.807) is 0 Å². The van der Waals surface area contributed by atoms with Crippen LogP contribution >= 0.6 is 7.82 Å². The molecule has 1 rings (SSSR count). The number of carbonyl (C=O) groups is 2. The summed E-state index contributed by atoms with van der Waals surface area (Å²) in [4.78, 5) is 31.1. The normalized spacial score (nSPS) is 13.8. The van der Waals surface area contributed by atoms with Crippen molar-refractivity contribution in [1.82, 2.24) is 5.32 Å². The Kier molecular flexibility index (Phi) is 7.56. The molecular weight excluding hydrogens is 370 g/mol. The van der Waals surface area contributed by atoms with Crippen molar-refractivity contribution in [2.75, 3.05) is 20.3 Å². The zero-order valence-corrected chi connectivity index (χ0v) is 13.8. The maximum absolute atomic E-state index is 11.9. The van der Waals surface area contributed by atoms with Gasteiger partial charge in [-0.15, -0.1) is 0 Å². The number of hydrogen-bond donors (Lipinski definition) is 2. The molecule has 0 saturated heterocycles. The van der Waals surface area contributed by atoms with Crippen molar-refractivity contribution in [3.63, 3.8) is 0 Å². The van der Waals surface area contributed by atoms with Gasteiger partial charge in [-0.05, 0) is 17.7 Å². The maximum atomic E-state index is 11.9. The second-order valence-corrected chi connectivity index (χ2v) is 5.97. The predicted octanol–water partition coefficient (Wildman–Crippen LogP) is 1.79. The number of phosphoric ester groups is 1. The summed E-state index contributed by atoms with van der Waals surface area (Å²) in [5.74, 6) is -2.74. The number of hydrogen-bond acceptors (Lipinski definition) is 6. The summed E-state index contributed by atoms with van der Waals surface area (Å²) in [7, 11) is -3.30. The van der Waals surface area contributed by atoms with Crippen LogP contribution in [0.15, 0.2) is 24.3 Å². The third-order valence-corrected chi connectivity index (χ3v) is 3.63. The minimum absolute atomic E-state index is 0.273. The van der Waals surface area contributed by atoms with Gasteiger partial charge in [0.15, 0.2) is 0 Å². The minimum atomic E-state index is -5.05. The topological polar surface area (TPSA) is 111 Å². The van der Waals surface area contributed by atoms with Gasteiger partial charge in [-0.1, -0.05) is 12.1 Å². The van der Waals surface area contributed by atoms with Crippen LogP contribution in [0.1, 0.15) is 15.9 Å². The van der Waals surface area contributed by atoms with Crippen LogP contribution in [0.5, 0.6) is 0 Å². The van der Waals surface area contributed by atoms with Gasteiger partial charge in [-0.2, -0.15) is 13.2 Å². The van der Waals surface area contributed by atoms with Crippen molar-refractivity contribution < 1.29 is 46.0 Å². The fraction of sp³-hybridized carbons (Fsp3) is 0.385. The molecule has 0 heterocycles. The first-order chi connectivity index (χ1) is 11.5. The fourth-order valence-electron chi connectivity index (χ4n) is 1.47. The lowest BCUT2D eigenvalue weighted by molar-refractivity contribution is -0.173. The smallest absolute Gasteiger partial charge is 0.465 e. The number of benzene rings is 1. The van der Waals surface area contributed by atoms with Crippen LogP contribution in [-0.2, 0) is 29.8 Å². The number of amides is 1. The summed E-state index contributed by atoms with van der Waals surface area (Å²) in [6.45, 7) is -1.62. The number of rotatable bonds is 8. The summed E-state index contributed by atoms with van der Waals surface area (Å²) in [6.07, 6.45) is -5.05. The van der Waals surface area contributed by atoms with Crippen molar-refractivity contribution >= 4 is 19.7 Å². The van der Waals surface area contributed by atoms with Gasteiger partial charge in [0.25, 0.3) is 0 Å². The molecule has 1 aromatic rings. The zero-order chi connectivity index (χ0) is 19.1. The molecule has 0 spiro atoms. The van der Waals surface area contributed by atoms with Crippen molar-refractivity contribution in [3.05, 3.63) is 35.4 Å². The molecule has 0 aliphatic heterocycles. The molecular formula is C13H15F3NO7P. The van der Waals surface area contributed by atoms with Crippen LogP contribution in [0.25, 0.3) is 0 Å². The van der Waals surface area contributed by atoms with Crippen molar-refractivity contribution in [2.24, 2.45) is 0 Å². The molecule has 0 fully saturated rings. The number of esters is 1. The Morgan fingerprint density at radius 3 is 2.32 bits per heavy atom. The van der Waals surface area contributed by atoms with E-state index in [-0.39, 0.29) is 12.2 Å². The van der Waals surface area contributed by atoms with E-state index >= 15 is 0 Å². The maximum Gasteiger partial charge on any atom is 0.472 e. The van der Waals surface area contributed by atoms with Crippen LogP contribution < -0.4 is 5.32 Å². The molecule has 25 heavy (non-hydrogen) atoms. The van der Waals surface area contributed by atoms with Crippen LogP contribution in [0.2, 0.25) is 0 Å². The van der Waals surface area contributed by atoms with Gasteiger partial charge in [-0.25, -0.2) is 9.36 Å². The van der Waals surface area contributed by atoms with E-state index in [2.05, 4.69) is 13.8 Å². The Balaban J connectivity index is 2.39. The summed E-state index contributed by atoms with van der Waals surface area (Å²) >= 11 is 0. The predicted molar refractivity (Wildman–Crippen MR) is 77.4 cm³/mol. The molecule has 1 atom stereocenters. The lowest BCUT2D eigenvalue weighted by Crippen LogP contribution is -2.38. The second kappa shape index (κ2) is 8.95. The van der Waals surface area contributed by atoms with Crippen molar-refractivity contribution in [3.8, 4) is 0 Å². The number of carbonyl (C=O) groups excluding carboxylic acids is 2. The molecule has 1 amide bonds. The molecule has 0 saturated carbocycles. The Bertz CT molecular complexity index is 648. The largest absolute Gasteiger partial charge is 0.472 e. The first-order valence-corrected chi connectivity index (χ1v) is 8.19. The number of phosphoric acid groups is 1. The van der Waals surface area contributed by atoms with E-state index in [1.165, 1.54) is 36.7 Å². The Hall–Kier alpha value is -1.94. The van der Waals surface area contributed by atoms with Crippen molar-refractivity contribution in [1.29, 1.82) is 0 Å². The molecule has 140 valence electrons. The summed E-state index contributed by atoms with van der Waals surface area (Å²) in [5.41, 5.74) is 0.714. The molecule has 8 nitrogen and oxygen atoms in total. The molecule has 0 bridgehead atoms. The first-order valence-electron chi connectivity index (χ1n) is 6.69. The number of nitrogens with one attached hydrogen (secondary N) is 1. The summed E-state index contributed by atoms with van der Waals surface area (Å²) in [5, 5.41) is 1.47. The van der Waals surface area contributed by atoms with Gasteiger partial charge in [0.1, 0.15) is 0 Å². The van der Waals surface area contributed by atoms with Gasteiger partial charge < -0.3 is 14.9 Å². The quantitative estimate of drug-likeness (QED) is 0.399. The average Bonchev–Trinajstić information content (AvgIpc) is 2.55. The second-order valence-electron chi connectivity index (χ2n) is 4.52. The summed E-state index contributed by atoms with van der Waals surface area (Å²) in [6, 6.07) is 5.74. The highest BCUT2D eigenvalue weighted by Crippen LogP contribution is 2.43. The lowest BCUT2D eigenvalue weighted by Gasteiger charge is -2.13. The monoisotopic (exact) mass is 385 g/mol. The Morgan fingerprint density at radius 2 is 1.80 bits per heavy atom. The van der Waals surface area contributed by atoms with Crippen LogP contribution in [0.4, 0.5) is 13.2 Å². The van der Waals surface area contributed by atoms with E-state index < -0.39 is 39.0 Å². The fourth-order valence-corrected chi connectivity index (χ4v) is 2.18. The highest BCUT2D eigenvalue weighted by atomic mass is 31.2. The van der Waals surface area contributed by atoms with Crippen LogP contribution in [0, 0.1) is 0 Å². The number of alkyl halides is 3. The zero-order valence-electron chi connectivity index (χ0n) is 12.9. The number of methoxy groups -OCH3 is 1. The SMILES string of the molecule is COC(=O)c1ccc(COP(=O)(O)OCCNC(=O)C(F)(F)F)cc1. The number of halogens is 3. The van der Waals surface area contributed by atoms with Gasteiger partial charge >= 0.3 is 25.9 Å². The van der Waals surface area contributed by atoms with Gasteiger partial charge in [0.2, 0.25) is 0 Å². The van der Waals surface area contributed by atoms with Gasteiger partial charge in [0.05, 0.1) is 25.9 Å². The van der Waals surface area contributed by atoms with E-state index in [0.29, 0.717) is 5.56 Å². The highest BCUT2D eigenvalue weighted by molar-refractivity contribution is 7.47. The molecule has 0 aliphatic carbocycles. The molecule has 0 aliphatic rings. The minimum Gasteiger partial charge on any atom is -0.465 e.